The van der Waals surface area contributed by atoms with E-state index in [1.807, 2.05) is 30.3 Å². The molecule has 5 heteroatoms. The van der Waals surface area contributed by atoms with Crippen molar-refractivity contribution in [3.8, 4) is 11.4 Å². The summed E-state index contributed by atoms with van der Waals surface area (Å²) in [4.78, 5) is 18.3. The number of aryl methyl sites for hydroxylation is 2. The van der Waals surface area contributed by atoms with Gasteiger partial charge in [0, 0.05) is 19.0 Å². The topological polar surface area (TPSA) is 59.2 Å². The van der Waals surface area contributed by atoms with E-state index in [4.69, 9.17) is 4.52 Å². The molecule has 0 spiro atoms. The molecule has 25 heavy (non-hydrogen) atoms. The number of rotatable bonds is 6. The van der Waals surface area contributed by atoms with Crippen molar-refractivity contribution in [3.05, 3.63) is 71.6 Å². The zero-order chi connectivity index (χ0) is 17.6. The summed E-state index contributed by atoms with van der Waals surface area (Å²) in [6.45, 7) is 2.36. The second-order valence-corrected chi connectivity index (χ2v) is 6.11. The summed E-state index contributed by atoms with van der Waals surface area (Å²) < 4.78 is 5.26. The van der Waals surface area contributed by atoms with E-state index >= 15 is 0 Å². The highest BCUT2D eigenvalue weighted by Crippen LogP contribution is 2.15. The van der Waals surface area contributed by atoms with Crippen LogP contribution in [0, 0.1) is 6.92 Å². The van der Waals surface area contributed by atoms with Crippen LogP contribution in [0.2, 0.25) is 0 Å². The van der Waals surface area contributed by atoms with E-state index in [9.17, 15) is 4.79 Å². The molecular weight excluding hydrogens is 314 g/mol. The Hall–Kier alpha value is -2.95. The van der Waals surface area contributed by atoms with E-state index < -0.39 is 0 Å². The van der Waals surface area contributed by atoms with Crippen LogP contribution in [0.4, 0.5) is 0 Å². The average molecular weight is 335 g/mol. The molecule has 0 aliphatic carbocycles. The van der Waals surface area contributed by atoms with Crippen molar-refractivity contribution >= 4 is 5.91 Å². The van der Waals surface area contributed by atoms with Crippen LogP contribution < -0.4 is 0 Å². The van der Waals surface area contributed by atoms with E-state index in [0.717, 1.165) is 17.5 Å². The Kier molecular flexibility index (Phi) is 5.23. The molecule has 0 fully saturated rings. The molecule has 5 nitrogen and oxygen atoms in total. The molecule has 0 unspecified atom stereocenters. The Morgan fingerprint density at radius 1 is 1.08 bits per heavy atom. The molecule has 128 valence electrons. The Morgan fingerprint density at radius 3 is 2.52 bits per heavy atom. The minimum Gasteiger partial charge on any atom is -0.337 e. The lowest BCUT2D eigenvalue weighted by atomic mass is 10.1. The molecular formula is C20H21N3O2. The quantitative estimate of drug-likeness (QED) is 0.690. The number of aromatic nitrogens is 2. The van der Waals surface area contributed by atoms with Gasteiger partial charge in [0.05, 0.1) is 6.54 Å². The van der Waals surface area contributed by atoms with Crippen molar-refractivity contribution in [1.82, 2.24) is 15.0 Å². The lowest BCUT2D eigenvalue weighted by Gasteiger charge is -2.14. The van der Waals surface area contributed by atoms with Gasteiger partial charge in [-0.25, -0.2) is 0 Å². The monoisotopic (exact) mass is 335 g/mol. The number of benzene rings is 2. The van der Waals surface area contributed by atoms with Gasteiger partial charge >= 0.3 is 0 Å². The van der Waals surface area contributed by atoms with Gasteiger partial charge in [0.15, 0.2) is 0 Å². The third-order valence-electron chi connectivity index (χ3n) is 4.05. The number of amides is 1. The predicted molar refractivity (Wildman–Crippen MR) is 95.7 cm³/mol. The number of hydrogen-bond acceptors (Lipinski definition) is 4. The van der Waals surface area contributed by atoms with Gasteiger partial charge in [0.2, 0.25) is 17.6 Å². The average Bonchev–Trinajstić information content (AvgIpc) is 3.10. The smallest absolute Gasteiger partial charge is 0.246 e. The molecule has 0 saturated carbocycles. The molecule has 0 aliphatic heterocycles. The second-order valence-electron chi connectivity index (χ2n) is 6.11. The molecule has 3 rings (SSSR count). The summed E-state index contributed by atoms with van der Waals surface area (Å²) in [7, 11) is 1.75. The number of carbonyl (C=O) groups is 1. The van der Waals surface area contributed by atoms with Crippen LogP contribution in [0.3, 0.4) is 0 Å². The Morgan fingerprint density at radius 2 is 1.80 bits per heavy atom. The normalized spacial score (nSPS) is 10.6. The summed E-state index contributed by atoms with van der Waals surface area (Å²) in [6, 6.07) is 17.9. The largest absolute Gasteiger partial charge is 0.337 e. The van der Waals surface area contributed by atoms with Crippen molar-refractivity contribution < 1.29 is 9.32 Å². The first-order valence-electron chi connectivity index (χ1n) is 8.29. The minimum atomic E-state index is 0.0556. The summed E-state index contributed by atoms with van der Waals surface area (Å²) in [5, 5.41) is 3.98. The van der Waals surface area contributed by atoms with Crippen LogP contribution in [0.5, 0.6) is 0 Å². The fraction of sp³-hybridized carbons (Fsp3) is 0.250. The predicted octanol–water partition coefficient (Wildman–Crippen LogP) is 3.64. The Balaban J connectivity index is 1.54. The van der Waals surface area contributed by atoms with Crippen LogP contribution >= 0.6 is 0 Å². The highest BCUT2D eigenvalue weighted by molar-refractivity contribution is 5.76. The van der Waals surface area contributed by atoms with Crippen LogP contribution in [0.15, 0.2) is 59.1 Å². The third kappa shape index (κ3) is 4.53. The first-order chi connectivity index (χ1) is 12.1. The summed E-state index contributed by atoms with van der Waals surface area (Å²) in [5.41, 5.74) is 3.28. The fourth-order valence-corrected chi connectivity index (χ4v) is 2.51. The molecule has 0 aliphatic rings. The van der Waals surface area contributed by atoms with Gasteiger partial charge in [-0.3, -0.25) is 4.79 Å². The lowest BCUT2D eigenvalue weighted by Crippen LogP contribution is -2.26. The van der Waals surface area contributed by atoms with E-state index in [0.29, 0.717) is 24.7 Å². The third-order valence-corrected chi connectivity index (χ3v) is 4.05. The van der Waals surface area contributed by atoms with Crippen molar-refractivity contribution in [2.24, 2.45) is 0 Å². The lowest BCUT2D eigenvalue weighted by molar-refractivity contribution is -0.130. The maximum absolute atomic E-state index is 12.3. The van der Waals surface area contributed by atoms with Crippen LogP contribution in [0.1, 0.15) is 23.4 Å². The zero-order valence-electron chi connectivity index (χ0n) is 14.5. The SMILES string of the molecule is Cc1ccc(CCC(=O)N(C)Cc2nc(-c3ccccc3)no2)cc1. The Labute approximate surface area is 147 Å². The van der Waals surface area contributed by atoms with Crippen molar-refractivity contribution in [2.45, 2.75) is 26.3 Å². The number of carbonyl (C=O) groups excluding carboxylic acids is 1. The molecule has 1 heterocycles. The van der Waals surface area contributed by atoms with E-state index in [2.05, 4.69) is 41.3 Å². The Bertz CT molecular complexity index is 826. The van der Waals surface area contributed by atoms with Crippen molar-refractivity contribution in [2.75, 3.05) is 7.05 Å². The van der Waals surface area contributed by atoms with Crippen LogP contribution in [-0.2, 0) is 17.8 Å². The number of nitrogens with zero attached hydrogens (tertiary/aromatic N) is 3. The summed E-state index contributed by atoms with van der Waals surface area (Å²) in [6.07, 6.45) is 1.18. The zero-order valence-corrected chi connectivity index (χ0v) is 14.5. The van der Waals surface area contributed by atoms with Crippen LogP contribution in [-0.4, -0.2) is 28.0 Å². The summed E-state index contributed by atoms with van der Waals surface area (Å²) >= 11 is 0. The molecule has 2 aromatic carbocycles. The first-order valence-corrected chi connectivity index (χ1v) is 8.29. The van der Waals surface area contributed by atoms with Gasteiger partial charge in [-0.05, 0) is 18.9 Å². The van der Waals surface area contributed by atoms with Gasteiger partial charge in [-0.15, -0.1) is 0 Å². The van der Waals surface area contributed by atoms with E-state index in [1.165, 1.54) is 5.56 Å². The van der Waals surface area contributed by atoms with Gasteiger partial charge in [0.25, 0.3) is 0 Å². The molecule has 0 atom stereocenters. The first kappa shape index (κ1) is 16.9. The fourth-order valence-electron chi connectivity index (χ4n) is 2.51. The van der Waals surface area contributed by atoms with Gasteiger partial charge in [-0.1, -0.05) is 65.3 Å². The van der Waals surface area contributed by atoms with E-state index in [1.54, 1.807) is 11.9 Å². The second kappa shape index (κ2) is 7.75. The molecule has 0 bridgehead atoms. The highest BCUT2D eigenvalue weighted by Gasteiger charge is 2.14. The molecule has 0 saturated heterocycles. The van der Waals surface area contributed by atoms with Gasteiger partial charge in [0.1, 0.15) is 0 Å². The summed E-state index contributed by atoms with van der Waals surface area (Å²) in [5.74, 6) is 1.03. The maximum Gasteiger partial charge on any atom is 0.246 e. The number of hydrogen-bond donors (Lipinski definition) is 0. The highest BCUT2D eigenvalue weighted by atomic mass is 16.5. The van der Waals surface area contributed by atoms with E-state index in [-0.39, 0.29) is 5.91 Å². The molecule has 1 aromatic heterocycles. The maximum atomic E-state index is 12.3. The minimum absolute atomic E-state index is 0.0556. The molecule has 0 N–H and O–H groups in total. The van der Waals surface area contributed by atoms with Gasteiger partial charge in [-0.2, -0.15) is 4.98 Å². The van der Waals surface area contributed by atoms with Crippen molar-refractivity contribution in [3.63, 3.8) is 0 Å². The van der Waals surface area contributed by atoms with Crippen molar-refractivity contribution in [1.29, 1.82) is 0 Å². The van der Waals surface area contributed by atoms with Gasteiger partial charge < -0.3 is 9.42 Å². The molecule has 3 aromatic rings. The standard InChI is InChI=1S/C20H21N3O2/c1-15-8-10-16(11-9-15)12-13-19(24)23(2)14-18-21-20(22-25-18)17-6-4-3-5-7-17/h3-11H,12-14H2,1-2H3. The van der Waals surface area contributed by atoms with Crippen LogP contribution in [0.25, 0.3) is 11.4 Å². The molecule has 0 radical (unpaired) electrons. The molecule has 1 amide bonds.